The van der Waals surface area contributed by atoms with Crippen molar-refractivity contribution >= 4 is 23.2 Å². The third-order valence-electron chi connectivity index (χ3n) is 3.48. The van der Waals surface area contributed by atoms with Gasteiger partial charge < -0.3 is 15.4 Å². The van der Waals surface area contributed by atoms with Gasteiger partial charge in [-0.1, -0.05) is 11.6 Å². The second-order valence-electron chi connectivity index (χ2n) is 4.90. The Morgan fingerprint density at radius 1 is 1.55 bits per heavy atom. The van der Waals surface area contributed by atoms with Crippen molar-refractivity contribution in [2.24, 2.45) is 0 Å². The smallest absolute Gasteiger partial charge is 0.238 e. The van der Waals surface area contributed by atoms with E-state index in [0.29, 0.717) is 29.0 Å². The summed E-state index contributed by atoms with van der Waals surface area (Å²) in [5, 5.41) is 6.65. The van der Waals surface area contributed by atoms with Crippen LogP contribution in [-0.4, -0.2) is 50.6 Å². The van der Waals surface area contributed by atoms with Gasteiger partial charge in [-0.05, 0) is 31.7 Å². The van der Waals surface area contributed by atoms with Crippen molar-refractivity contribution in [1.82, 2.24) is 10.2 Å². The van der Waals surface area contributed by atoms with Crippen LogP contribution >= 0.6 is 11.6 Å². The summed E-state index contributed by atoms with van der Waals surface area (Å²) in [6.07, 6.45) is 1.07. The molecule has 1 amide bonds. The number of anilines is 1. The molecule has 2 rings (SSSR count). The Bertz CT molecular complexity index is 481. The third-order valence-corrected chi connectivity index (χ3v) is 3.72. The maximum Gasteiger partial charge on any atom is 0.238 e. The number of amides is 1. The molecule has 5 nitrogen and oxygen atoms in total. The van der Waals surface area contributed by atoms with Gasteiger partial charge in [0.1, 0.15) is 5.75 Å². The maximum absolute atomic E-state index is 12.1. The Balaban J connectivity index is 1.93. The van der Waals surface area contributed by atoms with Gasteiger partial charge in [-0.15, -0.1) is 0 Å². The number of carbonyl (C=O) groups is 1. The molecule has 0 spiro atoms. The standard InChI is InChI=1S/C14H20ClN3O2/c1-16-11-5-6-18(8-11)9-14(19)17-12-7-10(15)3-4-13(12)20-2/h3-4,7,11,16H,5-6,8-9H2,1-2H3,(H,17,19). The van der Waals surface area contributed by atoms with Gasteiger partial charge in [-0.2, -0.15) is 0 Å². The quantitative estimate of drug-likeness (QED) is 0.866. The second kappa shape index (κ2) is 6.92. The topological polar surface area (TPSA) is 53.6 Å². The first-order chi connectivity index (χ1) is 9.62. The zero-order valence-electron chi connectivity index (χ0n) is 11.8. The molecular formula is C14H20ClN3O2. The van der Waals surface area contributed by atoms with E-state index in [0.717, 1.165) is 19.5 Å². The van der Waals surface area contributed by atoms with Crippen LogP contribution in [-0.2, 0) is 4.79 Å². The molecule has 20 heavy (non-hydrogen) atoms. The molecule has 0 aromatic heterocycles. The molecule has 1 aromatic rings. The number of ether oxygens (including phenoxy) is 1. The van der Waals surface area contributed by atoms with Crippen LogP contribution in [0.3, 0.4) is 0 Å². The molecule has 1 aliphatic heterocycles. The predicted octanol–water partition coefficient (Wildman–Crippen LogP) is 1.58. The number of likely N-dealkylation sites (N-methyl/N-ethyl adjacent to an activating group) is 1. The normalized spacial score (nSPS) is 19.1. The van der Waals surface area contributed by atoms with Crippen molar-refractivity contribution in [2.75, 3.05) is 39.1 Å². The van der Waals surface area contributed by atoms with E-state index in [9.17, 15) is 4.79 Å². The first kappa shape index (κ1) is 15.1. The van der Waals surface area contributed by atoms with Gasteiger partial charge in [0, 0.05) is 24.2 Å². The molecule has 2 N–H and O–H groups in total. The molecule has 1 heterocycles. The van der Waals surface area contributed by atoms with Gasteiger partial charge in [0.2, 0.25) is 5.91 Å². The van der Waals surface area contributed by atoms with Gasteiger partial charge in [0.25, 0.3) is 0 Å². The zero-order chi connectivity index (χ0) is 14.5. The van der Waals surface area contributed by atoms with Crippen molar-refractivity contribution in [2.45, 2.75) is 12.5 Å². The molecular weight excluding hydrogens is 278 g/mol. The van der Waals surface area contributed by atoms with E-state index in [1.54, 1.807) is 25.3 Å². The van der Waals surface area contributed by atoms with E-state index in [2.05, 4.69) is 15.5 Å². The van der Waals surface area contributed by atoms with Crippen LogP contribution in [0.5, 0.6) is 5.75 Å². The monoisotopic (exact) mass is 297 g/mol. The first-order valence-corrected chi connectivity index (χ1v) is 7.03. The highest BCUT2D eigenvalue weighted by Crippen LogP contribution is 2.27. The van der Waals surface area contributed by atoms with Crippen molar-refractivity contribution in [3.8, 4) is 5.75 Å². The molecule has 0 bridgehead atoms. The molecule has 110 valence electrons. The number of hydrogen-bond acceptors (Lipinski definition) is 4. The van der Waals surface area contributed by atoms with Crippen LogP contribution in [0.1, 0.15) is 6.42 Å². The van der Waals surface area contributed by atoms with E-state index in [1.807, 2.05) is 7.05 Å². The Kier molecular flexibility index (Phi) is 5.23. The summed E-state index contributed by atoms with van der Waals surface area (Å²) >= 11 is 5.94. The number of nitrogens with zero attached hydrogens (tertiary/aromatic N) is 1. The summed E-state index contributed by atoms with van der Waals surface area (Å²) in [6, 6.07) is 5.64. The summed E-state index contributed by atoms with van der Waals surface area (Å²) in [5.41, 5.74) is 0.606. The summed E-state index contributed by atoms with van der Waals surface area (Å²) in [5.74, 6) is 0.555. The predicted molar refractivity (Wildman–Crippen MR) is 80.5 cm³/mol. The number of benzene rings is 1. The lowest BCUT2D eigenvalue weighted by Gasteiger charge is -2.16. The van der Waals surface area contributed by atoms with Gasteiger partial charge in [-0.25, -0.2) is 0 Å². The molecule has 1 unspecified atom stereocenters. The SMILES string of the molecule is CNC1CCN(CC(=O)Nc2cc(Cl)ccc2OC)C1. The molecule has 1 fully saturated rings. The molecule has 1 atom stereocenters. The lowest BCUT2D eigenvalue weighted by Crippen LogP contribution is -2.34. The van der Waals surface area contributed by atoms with Crippen LogP contribution < -0.4 is 15.4 Å². The molecule has 1 saturated heterocycles. The molecule has 0 aliphatic carbocycles. The Labute approximate surface area is 124 Å². The number of hydrogen-bond donors (Lipinski definition) is 2. The van der Waals surface area contributed by atoms with Gasteiger partial charge in [0.05, 0.1) is 19.3 Å². The van der Waals surface area contributed by atoms with Gasteiger partial charge in [0.15, 0.2) is 0 Å². The van der Waals surface area contributed by atoms with E-state index in [-0.39, 0.29) is 5.91 Å². The van der Waals surface area contributed by atoms with E-state index >= 15 is 0 Å². The fraction of sp³-hybridized carbons (Fsp3) is 0.500. The Morgan fingerprint density at radius 3 is 3.00 bits per heavy atom. The number of likely N-dealkylation sites (tertiary alicyclic amines) is 1. The zero-order valence-corrected chi connectivity index (χ0v) is 12.5. The summed E-state index contributed by atoms with van der Waals surface area (Å²) in [4.78, 5) is 14.2. The maximum atomic E-state index is 12.1. The highest BCUT2D eigenvalue weighted by Gasteiger charge is 2.22. The summed E-state index contributed by atoms with van der Waals surface area (Å²) < 4.78 is 5.21. The van der Waals surface area contributed by atoms with E-state index < -0.39 is 0 Å². The van der Waals surface area contributed by atoms with Crippen molar-refractivity contribution in [3.63, 3.8) is 0 Å². The number of halogens is 1. The molecule has 0 saturated carbocycles. The summed E-state index contributed by atoms with van der Waals surface area (Å²) in [6.45, 7) is 2.22. The molecule has 0 radical (unpaired) electrons. The van der Waals surface area contributed by atoms with E-state index in [4.69, 9.17) is 16.3 Å². The van der Waals surface area contributed by atoms with Crippen LogP contribution in [0.2, 0.25) is 5.02 Å². The average Bonchev–Trinajstić information content (AvgIpc) is 2.86. The molecule has 1 aliphatic rings. The number of rotatable bonds is 5. The number of nitrogens with one attached hydrogen (secondary N) is 2. The summed E-state index contributed by atoms with van der Waals surface area (Å²) in [7, 11) is 3.52. The van der Waals surface area contributed by atoms with Crippen LogP contribution in [0, 0.1) is 0 Å². The number of carbonyl (C=O) groups excluding carboxylic acids is 1. The largest absolute Gasteiger partial charge is 0.495 e. The average molecular weight is 298 g/mol. The van der Waals surface area contributed by atoms with Crippen LogP contribution in [0.4, 0.5) is 5.69 Å². The minimum atomic E-state index is -0.0534. The first-order valence-electron chi connectivity index (χ1n) is 6.65. The highest BCUT2D eigenvalue weighted by molar-refractivity contribution is 6.31. The lowest BCUT2D eigenvalue weighted by atomic mass is 10.3. The Morgan fingerprint density at radius 2 is 2.35 bits per heavy atom. The number of methoxy groups -OCH3 is 1. The van der Waals surface area contributed by atoms with Crippen LogP contribution in [0.15, 0.2) is 18.2 Å². The van der Waals surface area contributed by atoms with Crippen molar-refractivity contribution < 1.29 is 9.53 Å². The van der Waals surface area contributed by atoms with Crippen LogP contribution in [0.25, 0.3) is 0 Å². The minimum absolute atomic E-state index is 0.0534. The van der Waals surface area contributed by atoms with Gasteiger partial charge in [-0.3, -0.25) is 9.69 Å². The van der Waals surface area contributed by atoms with E-state index in [1.165, 1.54) is 0 Å². The van der Waals surface area contributed by atoms with Crippen molar-refractivity contribution in [3.05, 3.63) is 23.2 Å². The van der Waals surface area contributed by atoms with Crippen molar-refractivity contribution in [1.29, 1.82) is 0 Å². The van der Waals surface area contributed by atoms with Gasteiger partial charge >= 0.3 is 0 Å². The molecule has 1 aromatic carbocycles. The fourth-order valence-corrected chi connectivity index (χ4v) is 2.55. The minimum Gasteiger partial charge on any atom is -0.495 e. The highest BCUT2D eigenvalue weighted by atomic mass is 35.5. The Hall–Kier alpha value is -1.30. The fourth-order valence-electron chi connectivity index (χ4n) is 2.38. The lowest BCUT2D eigenvalue weighted by molar-refractivity contribution is -0.117. The second-order valence-corrected chi connectivity index (χ2v) is 5.34. The third kappa shape index (κ3) is 3.85. The molecule has 6 heteroatoms.